The van der Waals surface area contributed by atoms with Gasteiger partial charge in [0.15, 0.2) is 0 Å². The van der Waals surface area contributed by atoms with E-state index in [1.54, 1.807) is 13.1 Å². The van der Waals surface area contributed by atoms with E-state index in [2.05, 4.69) is 67.7 Å². The van der Waals surface area contributed by atoms with Gasteiger partial charge in [0.2, 0.25) is 0 Å². The van der Waals surface area contributed by atoms with Crippen LogP contribution in [0.15, 0.2) is 83.1 Å². The zero-order valence-electron chi connectivity index (χ0n) is 23.2. The number of hydrogen-bond acceptors (Lipinski definition) is 5. The predicted molar refractivity (Wildman–Crippen MR) is 150 cm³/mol. The molecule has 2 aliphatic carbocycles. The molecule has 1 aliphatic heterocycles. The summed E-state index contributed by atoms with van der Waals surface area (Å²) in [6, 6.07) is 1.97. The molecule has 2 fully saturated rings. The van der Waals surface area contributed by atoms with Gasteiger partial charge in [-0.25, -0.2) is 4.39 Å². The lowest BCUT2D eigenvalue weighted by molar-refractivity contribution is 0.386. The lowest BCUT2D eigenvalue weighted by Crippen LogP contribution is -2.24. The molecule has 5 nitrogen and oxygen atoms in total. The monoisotopic (exact) mass is 494 g/mol. The normalized spacial score (nSPS) is 24.1. The molecule has 1 N–H and O–H groups in total. The van der Waals surface area contributed by atoms with Crippen molar-refractivity contribution in [2.75, 3.05) is 20.1 Å². The maximum absolute atomic E-state index is 12.4. The Morgan fingerprint density at radius 2 is 2.00 bits per heavy atom. The van der Waals surface area contributed by atoms with Crippen LogP contribution in [0.3, 0.4) is 0 Å². The first-order valence-electron chi connectivity index (χ1n) is 12.7. The van der Waals surface area contributed by atoms with E-state index >= 15 is 0 Å². The molecule has 36 heavy (non-hydrogen) atoms. The number of likely N-dealkylation sites (tertiary alicyclic amines) is 1. The summed E-state index contributed by atoms with van der Waals surface area (Å²) >= 11 is 0. The lowest BCUT2D eigenvalue weighted by Gasteiger charge is -2.23. The summed E-state index contributed by atoms with van der Waals surface area (Å²) in [6.07, 6.45) is 7.72. The van der Waals surface area contributed by atoms with Crippen molar-refractivity contribution in [2.45, 2.75) is 66.8 Å². The standard InChI is InChI=1S/C20H29N3.C8H8FNO.C2H6/c1-7-22-15(4)17-10-13(2)19(14(17)3)16(5)23-9-8-20(12-23)11-18(20)21-6;1-6(2)11-8-3-7(9)4-10-5-8;1-2/h7,18,21H,1-2,8-12H2,3-6H3;3-5H,1H2,2H3;1-2H3/b19-16-,22-15?;;. The van der Waals surface area contributed by atoms with Crippen molar-refractivity contribution in [3.8, 4) is 5.75 Å². The van der Waals surface area contributed by atoms with E-state index in [0.29, 0.717) is 23.0 Å². The van der Waals surface area contributed by atoms with Gasteiger partial charge in [-0.2, -0.15) is 0 Å². The number of nitrogens with one attached hydrogen (secondary N) is 1. The summed E-state index contributed by atoms with van der Waals surface area (Å²) in [6.45, 7) is 26.1. The summed E-state index contributed by atoms with van der Waals surface area (Å²) in [4.78, 5) is 10.5. The topological polar surface area (TPSA) is 49.8 Å². The summed E-state index contributed by atoms with van der Waals surface area (Å²) in [5.41, 5.74) is 8.24. The van der Waals surface area contributed by atoms with Crippen LogP contribution in [0.25, 0.3) is 0 Å². The van der Waals surface area contributed by atoms with Crippen molar-refractivity contribution < 1.29 is 9.13 Å². The number of nitrogens with zero attached hydrogens (tertiary/aromatic N) is 3. The number of allylic oxidation sites excluding steroid dienone is 6. The molecule has 6 heteroatoms. The molecule has 0 amide bonds. The largest absolute Gasteiger partial charge is 0.461 e. The molecule has 0 bridgehead atoms. The van der Waals surface area contributed by atoms with Gasteiger partial charge in [-0.3, -0.25) is 9.98 Å². The van der Waals surface area contributed by atoms with Gasteiger partial charge in [0, 0.05) is 48.2 Å². The lowest BCUT2D eigenvalue weighted by atomic mass is 10.0. The van der Waals surface area contributed by atoms with Gasteiger partial charge in [0.25, 0.3) is 0 Å². The van der Waals surface area contributed by atoms with Crippen LogP contribution in [-0.4, -0.2) is 41.8 Å². The molecular formula is C30H43FN4O. The zero-order chi connectivity index (χ0) is 27.0. The molecule has 0 aromatic carbocycles. The summed E-state index contributed by atoms with van der Waals surface area (Å²) in [7, 11) is 2.09. The molecule has 1 spiro atoms. The number of rotatable bonds is 6. The Bertz CT molecular complexity index is 1080. The third-order valence-corrected chi connectivity index (χ3v) is 7.02. The minimum absolute atomic E-state index is 0.373. The maximum atomic E-state index is 12.4. The van der Waals surface area contributed by atoms with Crippen molar-refractivity contribution in [2.24, 2.45) is 10.4 Å². The summed E-state index contributed by atoms with van der Waals surface area (Å²) in [5.74, 6) is 0.471. The highest BCUT2D eigenvalue weighted by Crippen LogP contribution is 2.54. The molecule has 3 aliphatic rings. The Morgan fingerprint density at radius 1 is 1.31 bits per heavy atom. The minimum Gasteiger partial charge on any atom is -0.461 e. The Balaban J connectivity index is 0.000000295. The molecule has 196 valence electrons. The van der Waals surface area contributed by atoms with Crippen molar-refractivity contribution in [1.82, 2.24) is 15.2 Å². The fraction of sp³-hybridized carbons (Fsp3) is 0.467. The predicted octanol–water partition coefficient (Wildman–Crippen LogP) is 6.98. The molecule has 4 rings (SSSR count). The van der Waals surface area contributed by atoms with Crippen molar-refractivity contribution in [3.63, 3.8) is 0 Å². The number of pyridine rings is 1. The number of aromatic nitrogens is 1. The van der Waals surface area contributed by atoms with Gasteiger partial charge in [-0.15, -0.1) is 0 Å². The van der Waals surface area contributed by atoms with Crippen LogP contribution in [0.4, 0.5) is 4.39 Å². The maximum Gasteiger partial charge on any atom is 0.148 e. The van der Waals surface area contributed by atoms with Gasteiger partial charge in [-0.1, -0.05) is 33.6 Å². The van der Waals surface area contributed by atoms with Gasteiger partial charge < -0.3 is 15.0 Å². The minimum atomic E-state index is -0.413. The molecule has 1 saturated heterocycles. The van der Waals surface area contributed by atoms with E-state index in [0.717, 1.165) is 18.3 Å². The Kier molecular flexibility index (Phi) is 10.4. The van der Waals surface area contributed by atoms with Gasteiger partial charge in [0.1, 0.15) is 11.6 Å². The summed E-state index contributed by atoms with van der Waals surface area (Å²) in [5, 5.41) is 3.46. The average Bonchev–Trinajstić information content (AvgIpc) is 3.19. The first kappa shape index (κ1) is 29.2. The van der Waals surface area contributed by atoms with Crippen LogP contribution in [0.1, 0.15) is 60.8 Å². The summed E-state index contributed by atoms with van der Waals surface area (Å²) < 4.78 is 17.4. The molecule has 2 atom stereocenters. The highest BCUT2D eigenvalue weighted by molar-refractivity contribution is 6.02. The zero-order valence-corrected chi connectivity index (χ0v) is 23.2. The quantitative estimate of drug-likeness (QED) is 0.342. The second kappa shape index (κ2) is 12.8. The molecule has 1 aromatic rings. The van der Waals surface area contributed by atoms with Crippen molar-refractivity contribution in [1.29, 1.82) is 0 Å². The smallest absolute Gasteiger partial charge is 0.148 e. The Hall–Kier alpha value is -2.99. The third kappa shape index (κ3) is 6.82. The van der Waals surface area contributed by atoms with Crippen LogP contribution < -0.4 is 10.1 Å². The molecule has 2 unspecified atom stereocenters. The second-order valence-electron chi connectivity index (χ2n) is 9.46. The number of aliphatic imine (C=N–C) groups is 1. The third-order valence-electron chi connectivity index (χ3n) is 7.02. The van der Waals surface area contributed by atoms with Gasteiger partial charge in [-0.05, 0) is 76.3 Å². The van der Waals surface area contributed by atoms with E-state index in [9.17, 15) is 4.39 Å². The Morgan fingerprint density at radius 3 is 2.56 bits per heavy atom. The van der Waals surface area contributed by atoms with Crippen LogP contribution >= 0.6 is 0 Å². The van der Waals surface area contributed by atoms with E-state index in [4.69, 9.17) is 4.74 Å². The van der Waals surface area contributed by atoms with Crippen molar-refractivity contribution in [3.05, 3.63) is 84.0 Å². The van der Waals surface area contributed by atoms with Crippen LogP contribution in [0.2, 0.25) is 0 Å². The van der Waals surface area contributed by atoms with Crippen LogP contribution in [0, 0.1) is 11.2 Å². The number of ether oxygens (including phenoxy) is 1. The van der Waals surface area contributed by atoms with Crippen LogP contribution in [-0.2, 0) is 0 Å². The fourth-order valence-corrected chi connectivity index (χ4v) is 5.19. The van der Waals surface area contributed by atoms with E-state index in [1.807, 2.05) is 13.8 Å². The van der Waals surface area contributed by atoms with Crippen LogP contribution in [0.5, 0.6) is 5.75 Å². The molecule has 2 heterocycles. The van der Waals surface area contributed by atoms with Crippen molar-refractivity contribution >= 4 is 5.71 Å². The van der Waals surface area contributed by atoms with E-state index in [1.165, 1.54) is 66.2 Å². The van der Waals surface area contributed by atoms with Gasteiger partial charge in [0.05, 0.1) is 18.2 Å². The SMILES string of the molecule is C=C(C)Oc1cncc(F)c1.C=CN=C(C)C1=C(C)/C(=C(/C)N2CCC3(CC3NC)C2)C(=C)C1.CC. The highest BCUT2D eigenvalue weighted by Gasteiger charge is 2.56. The second-order valence-corrected chi connectivity index (χ2v) is 9.46. The average molecular weight is 495 g/mol. The van der Waals surface area contributed by atoms with E-state index < -0.39 is 5.82 Å². The van der Waals surface area contributed by atoms with Gasteiger partial charge >= 0.3 is 0 Å². The molecule has 1 aromatic heterocycles. The van der Waals surface area contributed by atoms with E-state index in [-0.39, 0.29) is 0 Å². The molecular weight excluding hydrogens is 451 g/mol. The first-order valence-corrected chi connectivity index (χ1v) is 12.7. The molecule has 0 radical (unpaired) electrons. The number of hydrogen-bond donors (Lipinski definition) is 1. The number of halogens is 1. The fourth-order valence-electron chi connectivity index (χ4n) is 5.19. The highest BCUT2D eigenvalue weighted by atomic mass is 19.1. The first-order chi connectivity index (χ1) is 17.1. The molecule has 1 saturated carbocycles. The Labute approximate surface area is 217 Å².